The minimum Gasteiger partial charge on any atom is -0.566 e. The molecule has 0 rings (SSSR count). The first-order valence-corrected chi connectivity index (χ1v) is 6.46. The molecule has 6 nitrogen and oxygen atoms in total. The molecule has 0 saturated heterocycles. The molecule has 0 aliphatic carbocycles. The van der Waals surface area contributed by atoms with Crippen LogP contribution in [0.4, 0.5) is 0 Å². The lowest BCUT2D eigenvalue weighted by molar-refractivity contribution is -0.213. The molecule has 0 fully saturated rings. The van der Waals surface area contributed by atoms with E-state index in [0.29, 0.717) is 12.8 Å². The van der Waals surface area contributed by atoms with Gasteiger partial charge in [0, 0.05) is 13.1 Å². The quantitative estimate of drug-likeness (QED) is 0.437. The van der Waals surface area contributed by atoms with Crippen LogP contribution >= 0.6 is 8.25 Å². The summed E-state index contributed by atoms with van der Waals surface area (Å²) in [5, 5.41) is 17.8. The third kappa shape index (κ3) is 4.41. The third-order valence-electron chi connectivity index (χ3n) is 2.67. The average molecular weight is 253 g/mol. The molecule has 0 aromatic carbocycles. The molecule has 0 aliphatic heterocycles. The first kappa shape index (κ1) is 15.9. The van der Waals surface area contributed by atoms with Gasteiger partial charge in [-0.25, -0.2) is 0 Å². The van der Waals surface area contributed by atoms with Gasteiger partial charge in [0.15, 0.2) is 5.72 Å². The van der Waals surface area contributed by atoms with Crippen LogP contribution in [0.3, 0.4) is 0 Å². The third-order valence-corrected chi connectivity index (χ3v) is 3.15. The predicted octanol–water partition coefficient (Wildman–Crippen LogP) is -0.176. The van der Waals surface area contributed by atoms with E-state index in [1.807, 2.05) is 13.8 Å². The van der Waals surface area contributed by atoms with Crippen LogP contribution in [-0.4, -0.2) is 47.1 Å². The Morgan fingerprint density at radius 3 is 1.94 bits per heavy atom. The van der Waals surface area contributed by atoms with Gasteiger partial charge < -0.3 is 15.1 Å². The molecular formula is C9H20NO5P. The van der Waals surface area contributed by atoms with Crippen LogP contribution in [0.2, 0.25) is 0 Å². The highest BCUT2D eigenvalue weighted by Gasteiger charge is 2.39. The summed E-state index contributed by atoms with van der Waals surface area (Å²) in [5.41, 5.74) is -0.958. The Bertz CT molecular complexity index is 204. The topological polar surface area (TPSA) is 93.1 Å². The second-order valence-corrected chi connectivity index (χ2v) is 4.03. The molecule has 0 aliphatic rings. The summed E-state index contributed by atoms with van der Waals surface area (Å²) in [6.07, 6.45) is 0.930. The van der Waals surface area contributed by atoms with Gasteiger partial charge in [0.2, 0.25) is 0 Å². The van der Waals surface area contributed by atoms with Gasteiger partial charge in [0.05, 0.1) is 13.2 Å². The summed E-state index contributed by atoms with van der Waals surface area (Å²) < 4.78 is 15.7. The molecule has 0 saturated carbocycles. The molecular weight excluding hydrogens is 233 g/mol. The van der Waals surface area contributed by atoms with Crippen LogP contribution in [0, 0.1) is 0 Å². The second-order valence-electron chi connectivity index (χ2n) is 3.40. The average Bonchev–Trinajstić information content (AvgIpc) is 2.25. The summed E-state index contributed by atoms with van der Waals surface area (Å²) in [6.45, 7) is 3.94. The smallest absolute Gasteiger partial charge is 0.490 e. The summed E-state index contributed by atoms with van der Waals surface area (Å²) in [6, 6.07) is 0. The van der Waals surface area contributed by atoms with Crippen molar-refractivity contribution >= 4 is 8.25 Å². The molecule has 0 spiro atoms. The number of nitrogens with zero attached hydrogens (tertiary/aromatic N) is 1. The molecule has 7 heteroatoms. The van der Waals surface area contributed by atoms with Crippen molar-refractivity contribution in [2.45, 2.75) is 32.4 Å². The van der Waals surface area contributed by atoms with Gasteiger partial charge in [0.25, 0.3) is 0 Å². The fourth-order valence-electron chi connectivity index (χ4n) is 1.78. The van der Waals surface area contributed by atoms with Gasteiger partial charge in [0.1, 0.15) is 0 Å². The minimum absolute atomic E-state index is 0.110. The van der Waals surface area contributed by atoms with E-state index in [1.165, 1.54) is 0 Å². The number of hydrogen-bond donors (Lipinski definition) is 2. The Labute approximate surface area is 96.8 Å². The van der Waals surface area contributed by atoms with E-state index in [4.69, 9.17) is 14.7 Å². The molecule has 0 bridgehead atoms. The van der Waals surface area contributed by atoms with Gasteiger partial charge in [-0.3, -0.25) is 4.90 Å². The van der Waals surface area contributed by atoms with Gasteiger partial charge in [-0.1, -0.05) is 13.8 Å². The zero-order chi connectivity index (χ0) is 12.6. The van der Waals surface area contributed by atoms with E-state index in [-0.39, 0.29) is 26.3 Å². The van der Waals surface area contributed by atoms with Gasteiger partial charge in [-0.05, 0) is 17.4 Å². The lowest BCUT2D eigenvalue weighted by Crippen LogP contribution is -2.51. The van der Waals surface area contributed by atoms with Crippen molar-refractivity contribution in [3.05, 3.63) is 0 Å². The predicted molar refractivity (Wildman–Crippen MR) is 57.7 cm³/mol. The Hall–Kier alpha value is -0.100. The van der Waals surface area contributed by atoms with Crippen LogP contribution in [0.5, 0.6) is 0 Å². The van der Waals surface area contributed by atoms with E-state index in [1.54, 1.807) is 4.90 Å². The van der Waals surface area contributed by atoms with Crippen LogP contribution in [0.25, 0.3) is 0 Å². The van der Waals surface area contributed by atoms with Crippen LogP contribution in [0.15, 0.2) is 0 Å². The Morgan fingerprint density at radius 2 is 1.69 bits per heavy atom. The highest BCUT2D eigenvalue weighted by Crippen LogP contribution is 2.32. The van der Waals surface area contributed by atoms with E-state index in [0.717, 1.165) is 0 Å². The fourth-order valence-corrected chi connectivity index (χ4v) is 2.43. The van der Waals surface area contributed by atoms with E-state index >= 15 is 0 Å². The number of hydrogen-bond acceptors (Lipinski definition) is 6. The Balaban J connectivity index is 4.84. The Kier molecular flexibility index (Phi) is 8.01. The largest absolute Gasteiger partial charge is 0.566 e. The summed E-state index contributed by atoms with van der Waals surface area (Å²) in [7, 11) is -2.96. The molecule has 0 heterocycles. The maximum atomic E-state index is 10.7. The maximum absolute atomic E-state index is 10.7. The molecule has 0 radical (unpaired) electrons. The zero-order valence-electron chi connectivity index (χ0n) is 9.76. The monoisotopic (exact) mass is 253 g/mol. The van der Waals surface area contributed by atoms with Crippen molar-refractivity contribution in [2.24, 2.45) is 0 Å². The van der Waals surface area contributed by atoms with Crippen molar-refractivity contribution in [1.82, 2.24) is 4.90 Å². The summed E-state index contributed by atoms with van der Waals surface area (Å²) in [5.74, 6) is 0. The molecule has 0 amide bonds. The normalized spacial score (nSPS) is 13.2. The van der Waals surface area contributed by atoms with Crippen molar-refractivity contribution in [1.29, 1.82) is 0 Å². The molecule has 1 atom stereocenters. The van der Waals surface area contributed by atoms with E-state index in [9.17, 15) is 9.46 Å². The number of aliphatic hydroxyl groups is 2. The molecule has 0 aromatic heterocycles. The standard InChI is InChI=1S/C9H20NO5P/c1-3-9(4-2,15-16(13)14)10(5-7-11)6-8-12/h11-12H,3-8H2,1-2H3. The van der Waals surface area contributed by atoms with Gasteiger partial charge >= 0.3 is 8.25 Å². The SMILES string of the molecule is CCC(CC)(O[P+](=O)[O-])N(CCO)CCO. The van der Waals surface area contributed by atoms with Crippen molar-refractivity contribution in [3.8, 4) is 0 Å². The van der Waals surface area contributed by atoms with Gasteiger partial charge in [-0.2, -0.15) is 0 Å². The van der Waals surface area contributed by atoms with Crippen LogP contribution < -0.4 is 4.89 Å². The van der Waals surface area contributed by atoms with Crippen molar-refractivity contribution in [3.63, 3.8) is 0 Å². The first-order valence-electron chi connectivity index (χ1n) is 5.36. The van der Waals surface area contributed by atoms with Crippen LogP contribution in [-0.2, 0) is 9.09 Å². The molecule has 0 aromatic rings. The highest BCUT2D eigenvalue weighted by molar-refractivity contribution is 7.30. The highest BCUT2D eigenvalue weighted by atomic mass is 31.1. The lowest BCUT2D eigenvalue weighted by Gasteiger charge is -2.37. The van der Waals surface area contributed by atoms with E-state index < -0.39 is 14.0 Å². The minimum atomic E-state index is -2.96. The zero-order valence-corrected chi connectivity index (χ0v) is 10.7. The Morgan fingerprint density at radius 1 is 1.25 bits per heavy atom. The first-order chi connectivity index (χ1) is 7.56. The van der Waals surface area contributed by atoms with Gasteiger partial charge in [-0.15, -0.1) is 4.52 Å². The molecule has 96 valence electrons. The number of aliphatic hydroxyl groups excluding tert-OH is 2. The maximum Gasteiger partial charge on any atom is 0.490 e. The summed E-state index contributed by atoms with van der Waals surface area (Å²) >= 11 is 0. The van der Waals surface area contributed by atoms with Crippen LogP contribution in [0.1, 0.15) is 26.7 Å². The summed E-state index contributed by atoms with van der Waals surface area (Å²) in [4.78, 5) is 12.4. The van der Waals surface area contributed by atoms with Crippen molar-refractivity contribution in [2.75, 3.05) is 26.3 Å². The second kappa shape index (κ2) is 8.06. The van der Waals surface area contributed by atoms with E-state index in [2.05, 4.69) is 0 Å². The molecule has 1 unspecified atom stereocenters. The molecule has 16 heavy (non-hydrogen) atoms. The fraction of sp³-hybridized carbons (Fsp3) is 1.00. The lowest BCUT2D eigenvalue weighted by atomic mass is 10.1. The van der Waals surface area contributed by atoms with Crippen molar-refractivity contribution < 1.29 is 24.2 Å². The molecule has 2 N–H and O–H groups in total. The number of rotatable bonds is 9.